The average molecular weight is 382 g/mol. The summed E-state index contributed by atoms with van der Waals surface area (Å²) in [5.74, 6) is 0. The van der Waals surface area contributed by atoms with Gasteiger partial charge in [0.05, 0.1) is 0 Å². The average Bonchev–Trinajstić information content (AvgIpc) is 2.58. The van der Waals surface area contributed by atoms with Gasteiger partial charge in [-0.25, -0.2) is 0 Å². The smallest absolute Gasteiger partial charge is 0.0355 e. The van der Waals surface area contributed by atoms with Crippen molar-refractivity contribution in [2.24, 2.45) is 5.73 Å². The van der Waals surface area contributed by atoms with Crippen molar-refractivity contribution in [2.75, 3.05) is 0 Å². The van der Waals surface area contributed by atoms with Crippen LogP contribution in [0.2, 0.25) is 0 Å². The van der Waals surface area contributed by atoms with Crippen molar-refractivity contribution in [3.63, 3.8) is 0 Å². The Morgan fingerprint density at radius 2 is 1.12 bits per heavy atom. The highest BCUT2D eigenvalue weighted by molar-refractivity contribution is 5.85. The van der Waals surface area contributed by atoms with Gasteiger partial charge < -0.3 is 5.73 Å². The molecule has 0 aromatic heterocycles. The lowest BCUT2D eigenvalue weighted by Crippen LogP contribution is -2.30. The highest BCUT2D eigenvalue weighted by Crippen LogP contribution is 2.23. The van der Waals surface area contributed by atoms with Gasteiger partial charge in [-0.05, 0) is 37.8 Å². The van der Waals surface area contributed by atoms with E-state index in [4.69, 9.17) is 5.73 Å². The summed E-state index contributed by atoms with van der Waals surface area (Å²) in [6.45, 7) is 6.50. The Hall–Kier alpha value is -0.530. The van der Waals surface area contributed by atoms with E-state index in [9.17, 15) is 0 Å². The van der Waals surface area contributed by atoms with E-state index in [1.54, 1.807) is 0 Å². The number of hydrogen-bond donors (Lipinski definition) is 1. The Bertz CT molecular complexity index is 436. The van der Waals surface area contributed by atoms with Crippen molar-refractivity contribution in [3.05, 3.63) is 35.4 Å². The second-order valence-electron chi connectivity index (χ2n) is 8.37. The lowest BCUT2D eigenvalue weighted by molar-refractivity contribution is 0.533. The number of halogens is 1. The van der Waals surface area contributed by atoms with Crippen LogP contribution in [0.4, 0.5) is 0 Å². The fourth-order valence-corrected chi connectivity index (χ4v) is 3.70. The van der Waals surface area contributed by atoms with E-state index >= 15 is 0 Å². The fraction of sp³-hybridized carbons (Fsp3) is 0.750. The van der Waals surface area contributed by atoms with Crippen molar-refractivity contribution in [3.8, 4) is 0 Å². The molecule has 26 heavy (non-hydrogen) atoms. The third-order valence-corrected chi connectivity index (χ3v) is 5.26. The summed E-state index contributed by atoms with van der Waals surface area (Å²) in [4.78, 5) is 0. The van der Waals surface area contributed by atoms with Crippen LogP contribution in [0.1, 0.15) is 115 Å². The maximum absolute atomic E-state index is 6.30. The molecule has 0 atom stereocenters. The van der Waals surface area contributed by atoms with Crippen LogP contribution >= 0.6 is 12.4 Å². The molecule has 1 rings (SSSR count). The standard InChI is InChI=1S/C24H43N.ClH/c1-4-5-6-7-8-9-10-11-12-13-14-15-16-19-22-20-17-18-21-23(22)24(2,3)25;/h17-18,20-21H,4-16,19,25H2,1-3H3;1H. The van der Waals surface area contributed by atoms with Gasteiger partial charge in [0.2, 0.25) is 0 Å². The Morgan fingerprint density at radius 3 is 1.58 bits per heavy atom. The van der Waals surface area contributed by atoms with E-state index in [1.807, 2.05) is 0 Å². The van der Waals surface area contributed by atoms with Gasteiger partial charge in [0.1, 0.15) is 0 Å². The van der Waals surface area contributed by atoms with Crippen molar-refractivity contribution in [1.29, 1.82) is 0 Å². The molecule has 0 unspecified atom stereocenters. The number of rotatable bonds is 15. The topological polar surface area (TPSA) is 26.0 Å². The van der Waals surface area contributed by atoms with Crippen LogP contribution < -0.4 is 5.73 Å². The zero-order valence-corrected chi connectivity index (χ0v) is 18.5. The first-order valence-corrected chi connectivity index (χ1v) is 10.9. The van der Waals surface area contributed by atoms with Crippen LogP contribution in [0.25, 0.3) is 0 Å². The lowest BCUT2D eigenvalue weighted by Gasteiger charge is -2.23. The van der Waals surface area contributed by atoms with Crippen molar-refractivity contribution in [1.82, 2.24) is 0 Å². The maximum atomic E-state index is 6.30. The number of benzene rings is 1. The molecule has 2 heteroatoms. The first-order chi connectivity index (χ1) is 12.1. The summed E-state index contributed by atoms with van der Waals surface area (Å²) in [5, 5.41) is 0. The van der Waals surface area contributed by atoms with E-state index in [1.165, 1.54) is 101 Å². The van der Waals surface area contributed by atoms with Gasteiger partial charge in [0.25, 0.3) is 0 Å². The number of unbranched alkanes of at least 4 members (excludes halogenated alkanes) is 12. The zero-order chi connectivity index (χ0) is 18.4. The van der Waals surface area contributed by atoms with Gasteiger partial charge in [-0.3, -0.25) is 0 Å². The van der Waals surface area contributed by atoms with E-state index in [-0.39, 0.29) is 17.9 Å². The molecule has 0 amide bonds. The third kappa shape index (κ3) is 12.0. The van der Waals surface area contributed by atoms with Crippen LogP contribution in [0.3, 0.4) is 0 Å². The molecular weight excluding hydrogens is 338 g/mol. The monoisotopic (exact) mass is 381 g/mol. The van der Waals surface area contributed by atoms with Crippen molar-refractivity contribution >= 4 is 12.4 Å². The van der Waals surface area contributed by atoms with Gasteiger partial charge in [-0.15, -0.1) is 12.4 Å². The van der Waals surface area contributed by atoms with E-state index < -0.39 is 0 Å². The third-order valence-electron chi connectivity index (χ3n) is 5.26. The molecule has 0 heterocycles. The second-order valence-corrected chi connectivity index (χ2v) is 8.37. The van der Waals surface area contributed by atoms with Crippen LogP contribution in [0, 0.1) is 0 Å². The molecule has 0 aliphatic heterocycles. The minimum absolute atomic E-state index is 0. The molecule has 0 saturated heterocycles. The molecule has 2 N–H and O–H groups in total. The minimum Gasteiger partial charge on any atom is -0.322 e. The summed E-state index contributed by atoms with van der Waals surface area (Å²) in [7, 11) is 0. The Balaban J connectivity index is 0.00000625. The van der Waals surface area contributed by atoms with Gasteiger partial charge in [-0.1, -0.05) is 108 Å². The maximum Gasteiger partial charge on any atom is 0.0355 e. The highest BCUT2D eigenvalue weighted by atomic mass is 35.5. The first-order valence-electron chi connectivity index (χ1n) is 10.9. The molecule has 0 aliphatic carbocycles. The molecule has 1 aromatic rings. The summed E-state index contributed by atoms with van der Waals surface area (Å²) in [6, 6.07) is 8.70. The molecule has 0 saturated carbocycles. The molecule has 0 spiro atoms. The number of hydrogen-bond acceptors (Lipinski definition) is 1. The molecule has 0 bridgehead atoms. The fourth-order valence-electron chi connectivity index (χ4n) is 3.70. The van der Waals surface area contributed by atoms with E-state index in [2.05, 4.69) is 45.0 Å². The molecule has 1 nitrogen and oxygen atoms in total. The second kappa shape index (κ2) is 15.5. The summed E-state index contributed by atoms with van der Waals surface area (Å²) in [6.07, 6.45) is 19.6. The molecule has 0 radical (unpaired) electrons. The summed E-state index contributed by atoms with van der Waals surface area (Å²) < 4.78 is 0. The molecular formula is C24H44ClN. The summed E-state index contributed by atoms with van der Waals surface area (Å²) in [5.41, 5.74) is 8.83. The van der Waals surface area contributed by atoms with Crippen LogP contribution in [-0.2, 0) is 12.0 Å². The van der Waals surface area contributed by atoms with E-state index in [0.717, 1.165) is 0 Å². The van der Waals surface area contributed by atoms with Crippen LogP contribution in [-0.4, -0.2) is 0 Å². The summed E-state index contributed by atoms with van der Waals surface area (Å²) >= 11 is 0. The van der Waals surface area contributed by atoms with Gasteiger partial charge >= 0.3 is 0 Å². The number of nitrogens with two attached hydrogens (primary N) is 1. The predicted octanol–water partition coefficient (Wildman–Crippen LogP) is 7.94. The van der Waals surface area contributed by atoms with Crippen molar-refractivity contribution in [2.45, 2.75) is 116 Å². The van der Waals surface area contributed by atoms with Gasteiger partial charge in [0.15, 0.2) is 0 Å². The zero-order valence-electron chi connectivity index (χ0n) is 17.7. The number of aryl methyl sites for hydroxylation is 1. The predicted molar refractivity (Wildman–Crippen MR) is 120 cm³/mol. The molecule has 152 valence electrons. The lowest BCUT2D eigenvalue weighted by atomic mass is 9.89. The molecule has 0 fully saturated rings. The van der Waals surface area contributed by atoms with Crippen LogP contribution in [0.5, 0.6) is 0 Å². The highest BCUT2D eigenvalue weighted by Gasteiger charge is 2.17. The molecule has 1 aromatic carbocycles. The van der Waals surface area contributed by atoms with Crippen LogP contribution in [0.15, 0.2) is 24.3 Å². The van der Waals surface area contributed by atoms with Crippen molar-refractivity contribution < 1.29 is 0 Å². The molecule has 0 aliphatic rings. The minimum atomic E-state index is -0.229. The van der Waals surface area contributed by atoms with Gasteiger partial charge in [-0.2, -0.15) is 0 Å². The SMILES string of the molecule is CCCCCCCCCCCCCCCc1ccccc1C(C)(C)N.Cl. The van der Waals surface area contributed by atoms with E-state index in [0.29, 0.717) is 0 Å². The Kier molecular flexibility index (Phi) is 15.2. The quantitative estimate of drug-likeness (QED) is 0.306. The Morgan fingerprint density at radius 1 is 0.692 bits per heavy atom. The normalized spacial score (nSPS) is 11.4. The first kappa shape index (κ1) is 25.5. The van der Waals surface area contributed by atoms with Gasteiger partial charge in [0, 0.05) is 5.54 Å². The largest absolute Gasteiger partial charge is 0.322 e. The Labute approximate surface area is 169 Å².